The SMILES string of the molecule is CCCNCC1CCN(S(=O)(=O)NCC)CC1. The Balaban J connectivity index is 2.30. The van der Waals surface area contributed by atoms with Gasteiger partial charge >= 0.3 is 0 Å². The molecule has 0 aromatic heterocycles. The molecule has 0 amide bonds. The third-order valence-electron chi connectivity index (χ3n) is 3.10. The van der Waals surface area contributed by atoms with Crippen LogP contribution in [0.1, 0.15) is 33.1 Å². The Morgan fingerprint density at radius 2 is 1.88 bits per heavy atom. The average Bonchev–Trinajstić information content (AvgIpc) is 2.30. The molecule has 0 atom stereocenters. The third kappa shape index (κ3) is 4.91. The molecule has 0 bridgehead atoms. The average molecular weight is 263 g/mol. The summed E-state index contributed by atoms with van der Waals surface area (Å²) >= 11 is 0. The molecule has 1 aliphatic heterocycles. The van der Waals surface area contributed by atoms with Gasteiger partial charge in [0.2, 0.25) is 0 Å². The highest BCUT2D eigenvalue weighted by atomic mass is 32.2. The largest absolute Gasteiger partial charge is 0.316 e. The van der Waals surface area contributed by atoms with Gasteiger partial charge in [0.1, 0.15) is 0 Å². The number of nitrogens with one attached hydrogen (secondary N) is 2. The second-order valence-corrected chi connectivity index (χ2v) is 6.30. The van der Waals surface area contributed by atoms with Crippen molar-refractivity contribution in [2.75, 3.05) is 32.7 Å². The first-order chi connectivity index (χ1) is 8.10. The highest BCUT2D eigenvalue weighted by Crippen LogP contribution is 2.18. The van der Waals surface area contributed by atoms with Crippen molar-refractivity contribution in [3.63, 3.8) is 0 Å². The van der Waals surface area contributed by atoms with E-state index >= 15 is 0 Å². The molecule has 0 unspecified atom stereocenters. The van der Waals surface area contributed by atoms with Crippen LogP contribution in [0, 0.1) is 5.92 Å². The molecule has 1 rings (SSSR count). The van der Waals surface area contributed by atoms with Crippen LogP contribution in [0.2, 0.25) is 0 Å². The van der Waals surface area contributed by atoms with Crippen molar-refractivity contribution in [3.05, 3.63) is 0 Å². The van der Waals surface area contributed by atoms with E-state index in [0.29, 0.717) is 25.6 Å². The number of piperidine rings is 1. The van der Waals surface area contributed by atoms with E-state index in [4.69, 9.17) is 0 Å². The molecule has 0 spiro atoms. The number of hydrogen-bond acceptors (Lipinski definition) is 3. The topological polar surface area (TPSA) is 61.4 Å². The second-order valence-electron chi connectivity index (χ2n) is 4.55. The van der Waals surface area contributed by atoms with Crippen molar-refractivity contribution in [3.8, 4) is 0 Å². The maximum Gasteiger partial charge on any atom is 0.279 e. The predicted octanol–water partition coefficient (Wildman–Crippen LogP) is 0.552. The zero-order valence-corrected chi connectivity index (χ0v) is 11.7. The van der Waals surface area contributed by atoms with Gasteiger partial charge in [-0.1, -0.05) is 13.8 Å². The molecule has 1 fully saturated rings. The fraction of sp³-hybridized carbons (Fsp3) is 1.00. The molecule has 0 aromatic carbocycles. The lowest BCUT2D eigenvalue weighted by Gasteiger charge is -2.31. The first-order valence-corrected chi connectivity index (χ1v) is 7.99. The van der Waals surface area contributed by atoms with Crippen molar-refractivity contribution in [1.82, 2.24) is 14.3 Å². The second kappa shape index (κ2) is 7.31. The van der Waals surface area contributed by atoms with Crippen LogP contribution >= 0.6 is 0 Å². The van der Waals surface area contributed by atoms with Crippen molar-refractivity contribution in [2.45, 2.75) is 33.1 Å². The van der Waals surface area contributed by atoms with Crippen molar-refractivity contribution in [1.29, 1.82) is 0 Å². The van der Waals surface area contributed by atoms with E-state index < -0.39 is 10.2 Å². The molecular weight excluding hydrogens is 238 g/mol. The minimum absolute atomic E-state index is 0.459. The van der Waals surface area contributed by atoms with Crippen LogP contribution in [0.25, 0.3) is 0 Å². The van der Waals surface area contributed by atoms with E-state index in [1.54, 1.807) is 11.2 Å². The monoisotopic (exact) mass is 263 g/mol. The molecule has 1 saturated heterocycles. The van der Waals surface area contributed by atoms with Crippen LogP contribution in [-0.4, -0.2) is 45.4 Å². The lowest BCUT2D eigenvalue weighted by atomic mass is 9.98. The van der Waals surface area contributed by atoms with Gasteiger partial charge in [-0.15, -0.1) is 0 Å². The molecule has 0 aliphatic carbocycles. The van der Waals surface area contributed by atoms with Crippen molar-refractivity contribution < 1.29 is 8.42 Å². The lowest BCUT2D eigenvalue weighted by Crippen LogP contribution is -2.46. The molecular formula is C11H25N3O2S. The Hall–Kier alpha value is -0.170. The molecule has 5 nitrogen and oxygen atoms in total. The fourth-order valence-electron chi connectivity index (χ4n) is 2.11. The molecule has 2 N–H and O–H groups in total. The predicted molar refractivity (Wildman–Crippen MR) is 70.1 cm³/mol. The van der Waals surface area contributed by atoms with Crippen molar-refractivity contribution in [2.24, 2.45) is 5.92 Å². The van der Waals surface area contributed by atoms with E-state index in [-0.39, 0.29) is 0 Å². The Kier molecular flexibility index (Phi) is 6.40. The minimum Gasteiger partial charge on any atom is -0.316 e. The van der Waals surface area contributed by atoms with E-state index in [2.05, 4.69) is 17.0 Å². The third-order valence-corrected chi connectivity index (χ3v) is 4.80. The van der Waals surface area contributed by atoms with Gasteiger partial charge in [-0.3, -0.25) is 0 Å². The molecule has 6 heteroatoms. The smallest absolute Gasteiger partial charge is 0.279 e. The van der Waals surface area contributed by atoms with Gasteiger partial charge in [0.05, 0.1) is 0 Å². The van der Waals surface area contributed by atoms with Crippen LogP contribution in [0.4, 0.5) is 0 Å². The van der Waals surface area contributed by atoms with Crippen LogP contribution in [-0.2, 0) is 10.2 Å². The molecule has 0 saturated carbocycles. The summed E-state index contributed by atoms with van der Waals surface area (Å²) < 4.78 is 27.6. The normalized spacial score (nSPS) is 19.6. The molecule has 102 valence electrons. The molecule has 0 radical (unpaired) electrons. The standard InChI is InChI=1S/C11H25N3O2S/c1-3-7-12-10-11-5-8-14(9-6-11)17(15,16)13-4-2/h11-13H,3-10H2,1-2H3. The quantitative estimate of drug-likeness (QED) is 0.660. The number of rotatable bonds is 7. The molecule has 17 heavy (non-hydrogen) atoms. The van der Waals surface area contributed by atoms with Gasteiger partial charge in [0, 0.05) is 19.6 Å². The van der Waals surface area contributed by atoms with Crippen LogP contribution in [0.3, 0.4) is 0 Å². The Morgan fingerprint density at radius 3 is 2.41 bits per heavy atom. The van der Waals surface area contributed by atoms with E-state index in [1.165, 1.54) is 0 Å². The molecule has 1 heterocycles. The summed E-state index contributed by atoms with van der Waals surface area (Å²) in [6.45, 7) is 7.78. The first kappa shape index (κ1) is 14.9. The summed E-state index contributed by atoms with van der Waals surface area (Å²) in [5.74, 6) is 0.620. The zero-order chi connectivity index (χ0) is 12.7. The highest BCUT2D eigenvalue weighted by molar-refractivity contribution is 7.87. The first-order valence-electron chi connectivity index (χ1n) is 6.55. The summed E-state index contributed by atoms with van der Waals surface area (Å²) in [7, 11) is -3.22. The fourth-order valence-corrected chi connectivity index (χ4v) is 3.35. The van der Waals surface area contributed by atoms with Crippen LogP contribution in [0.15, 0.2) is 0 Å². The van der Waals surface area contributed by atoms with Gasteiger partial charge in [0.25, 0.3) is 10.2 Å². The number of hydrogen-bond donors (Lipinski definition) is 2. The van der Waals surface area contributed by atoms with Crippen LogP contribution in [0.5, 0.6) is 0 Å². The summed E-state index contributed by atoms with van der Waals surface area (Å²) in [4.78, 5) is 0. The maximum absolute atomic E-state index is 11.8. The van der Waals surface area contributed by atoms with E-state index in [9.17, 15) is 8.42 Å². The van der Waals surface area contributed by atoms with Gasteiger partial charge < -0.3 is 5.32 Å². The highest BCUT2D eigenvalue weighted by Gasteiger charge is 2.26. The van der Waals surface area contributed by atoms with E-state index in [1.807, 2.05) is 0 Å². The Morgan fingerprint density at radius 1 is 1.24 bits per heavy atom. The number of nitrogens with zero attached hydrogens (tertiary/aromatic N) is 1. The van der Waals surface area contributed by atoms with Gasteiger partial charge in [-0.2, -0.15) is 12.7 Å². The Labute approximate surface area is 105 Å². The van der Waals surface area contributed by atoms with Gasteiger partial charge in [0.15, 0.2) is 0 Å². The van der Waals surface area contributed by atoms with Crippen LogP contribution < -0.4 is 10.0 Å². The minimum atomic E-state index is -3.22. The van der Waals surface area contributed by atoms with Gasteiger partial charge in [-0.25, -0.2) is 4.72 Å². The summed E-state index contributed by atoms with van der Waals surface area (Å²) in [6, 6.07) is 0. The molecule has 0 aromatic rings. The Bertz CT molecular complexity index is 298. The maximum atomic E-state index is 11.8. The van der Waals surface area contributed by atoms with E-state index in [0.717, 1.165) is 32.4 Å². The summed E-state index contributed by atoms with van der Waals surface area (Å²) in [5, 5.41) is 3.40. The zero-order valence-electron chi connectivity index (χ0n) is 10.9. The summed E-state index contributed by atoms with van der Waals surface area (Å²) in [5.41, 5.74) is 0. The lowest BCUT2D eigenvalue weighted by molar-refractivity contribution is 0.265. The summed E-state index contributed by atoms with van der Waals surface area (Å²) in [6.07, 6.45) is 3.07. The molecule has 1 aliphatic rings. The van der Waals surface area contributed by atoms with Crippen molar-refractivity contribution >= 4 is 10.2 Å². The van der Waals surface area contributed by atoms with Gasteiger partial charge in [-0.05, 0) is 38.3 Å².